The van der Waals surface area contributed by atoms with E-state index in [0.717, 1.165) is 36.6 Å². The molecule has 2 rings (SSSR count). The van der Waals surface area contributed by atoms with Gasteiger partial charge in [0.1, 0.15) is 5.75 Å². The van der Waals surface area contributed by atoms with Gasteiger partial charge in [-0.25, -0.2) is 0 Å². The van der Waals surface area contributed by atoms with Crippen LogP contribution in [0.4, 0.5) is 5.69 Å². The maximum absolute atomic E-state index is 5.77. The van der Waals surface area contributed by atoms with Gasteiger partial charge in [0.05, 0.1) is 13.2 Å². The van der Waals surface area contributed by atoms with Crippen molar-refractivity contribution in [1.82, 2.24) is 5.32 Å². The number of nitrogens with one attached hydrogen (secondary N) is 1. The highest BCUT2D eigenvalue weighted by Gasteiger charge is 2.48. The molecule has 2 atom stereocenters. The van der Waals surface area contributed by atoms with Crippen molar-refractivity contribution in [2.75, 3.05) is 19.5 Å². The molecule has 0 aliphatic heterocycles. The normalized spacial score (nSPS) is 24.2. The van der Waals surface area contributed by atoms with Crippen LogP contribution in [0.3, 0.4) is 0 Å². The van der Waals surface area contributed by atoms with Crippen molar-refractivity contribution in [3.05, 3.63) is 23.8 Å². The highest BCUT2D eigenvalue weighted by atomic mass is 16.5. The molecule has 1 aliphatic carbocycles. The number of hydrogen-bond donors (Lipinski definition) is 2. The van der Waals surface area contributed by atoms with Crippen LogP contribution in [-0.2, 0) is 11.3 Å². The van der Waals surface area contributed by atoms with Crippen molar-refractivity contribution in [2.24, 2.45) is 5.41 Å². The summed E-state index contributed by atoms with van der Waals surface area (Å²) in [6.45, 7) is 8.14. The Bertz CT molecular complexity index is 460. The summed E-state index contributed by atoms with van der Waals surface area (Å²) in [5, 5.41) is 3.61. The predicted octanol–water partition coefficient (Wildman–Crippen LogP) is 2.57. The predicted molar refractivity (Wildman–Crippen MR) is 81.8 cm³/mol. The van der Waals surface area contributed by atoms with Crippen LogP contribution in [0.5, 0.6) is 5.75 Å². The standard InChI is InChI=1S/C16H26N2O2/c1-5-20-15-9-14(16(15,2)3)18-10-11-6-7-12(17)8-13(11)19-4/h6-8,14-15,18H,5,9-10,17H2,1-4H3. The summed E-state index contributed by atoms with van der Waals surface area (Å²) in [5.41, 5.74) is 7.82. The maximum atomic E-state index is 5.77. The van der Waals surface area contributed by atoms with Gasteiger partial charge in [0.2, 0.25) is 0 Å². The van der Waals surface area contributed by atoms with Crippen LogP contribution in [0.25, 0.3) is 0 Å². The Morgan fingerprint density at radius 2 is 2.15 bits per heavy atom. The van der Waals surface area contributed by atoms with E-state index in [-0.39, 0.29) is 5.41 Å². The summed E-state index contributed by atoms with van der Waals surface area (Å²) < 4.78 is 11.1. The van der Waals surface area contributed by atoms with Gasteiger partial charge in [-0.3, -0.25) is 0 Å². The van der Waals surface area contributed by atoms with E-state index in [4.69, 9.17) is 15.2 Å². The Kier molecular flexibility index (Phi) is 4.55. The summed E-state index contributed by atoms with van der Waals surface area (Å²) in [7, 11) is 1.68. The molecule has 4 heteroatoms. The minimum absolute atomic E-state index is 0.178. The van der Waals surface area contributed by atoms with Gasteiger partial charge in [-0.2, -0.15) is 0 Å². The molecule has 0 amide bonds. The molecule has 1 aromatic rings. The lowest BCUT2D eigenvalue weighted by atomic mass is 9.64. The van der Waals surface area contributed by atoms with Crippen LogP contribution in [0.1, 0.15) is 32.8 Å². The Balaban J connectivity index is 1.94. The SMILES string of the molecule is CCOC1CC(NCc2ccc(N)cc2OC)C1(C)C. The summed E-state index contributed by atoms with van der Waals surface area (Å²) in [6, 6.07) is 6.27. The zero-order valence-electron chi connectivity index (χ0n) is 12.9. The lowest BCUT2D eigenvalue weighted by Crippen LogP contribution is -2.60. The molecule has 1 saturated carbocycles. The molecular formula is C16H26N2O2. The first-order chi connectivity index (χ1) is 9.48. The quantitative estimate of drug-likeness (QED) is 0.785. The number of ether oxygens (including phenoxy) is 2. The molecule has 0 aromatic heterocycles. The third-order valence-corrected chi connectivity index (χ3v) is 4.40. The number of nitrogen functional groups attached to an aromatic ring is 1. The zero-order valence-corrected chi connectivity index (χ0v) is 12.9. The molecule has 20 heavy (non-hydrogen) atoms. The third-order valence-electron chi connectivity index (χ3n) is 4.40. The first kappa shape index (κ1) is 15.1. The van der Waals surface area contributed by atoms with E-state index in [9.17, 15) is 0 Å². The lowest BCUT2D eigenvalue weighted by molar-refractivity contribution is -0.114. The average Bonchev–Trinajstić information content (AvgIpc) is 2.43. The summed E-state index contributed by atoms with van der Waals surface area (Å²) in [4.78, 5) is 0. The fourth-order valence-electron chi connectivity index (χ4n) is 2.86. The second kappa shape index (κ2) is 6.02. The van der Waals surface area contributed by atoms with Gasteiger partial charge in [0.25, 0.3) is 0 Å². The smallest absolute Gasteiger partial charge is 0.125 e. The third kappa shape index (κ3) is 2.91. The molecule has 112 valence electrons. The number of methoxy groups -OCH3 is 1. The van der Waals surface area contributed by atoms with Crippen molar-refractivity contribution < 1.29 is 9.47 Å². The molecule has 0 heterocycles. The molecule has 0 spiro atoms. The van der Waals surface area contributed by atoms with Crippen molar-refractivity contribution in [3.8, 4) is 5.75 Å². The van der Waals surface area contributed by atoms with Crippen LogP contribution in [0, 0.1) is 5.41 Å². The fraction of sp³-hybridized carbons (Fsp3) is 0.625. The largest absolute Gasteiger partial charge is 0.496 e. The molecule has 3 N–H and O–H groups in total. The van der Waals surface area contributed by atoms with Crippen molar-refractivity contribution in [2.45, 2.75) is 45.9 Å². The first-order valence-corrected chi connectivity index (χ1v) is 7.26. The minimum Gasteiger partial charge on any atom is -0.496 e. The number of hydrogen-bond acceptors (Lipinski definition) is 4. The minimum atomic E-state index is 0.178. The Morgan fingerprint density at radius 3 is 2.75 bits per heavy atom. The monoisotopic (exact) mass is 278 g/mol. The van der Waals surface area contributed by atoms with Crippen molar-refractivity contribution in [3.63, 3.8) is 0 Å². The number of anilines is 1. The van der Waals surface area contributed by atoms with Crippen LogP contribution in [0.2, 0.25) is 0 Å². The Hall–Kier alpha value is -1.26. The van der Waals surface area contributed by atoms with E-state index in [2.05, 4.69) is 26.1 Å². The molecule has 1 aromatic carbocycles. The van der Waals surface area contributed by atoms with Crippen LogP contribution >= 0.6 is 0 Å². The van der Waals surface area contributed by atoms with Crippen LogP contribution in [-0.4, -0.2) is 25.9 Å². The van der Waals surface area contributed by atoms with Crippen LogP contribution < -0.4 is 15.8 Å². The van der Waals surface area contributed by atoms with Crippen LogP contribution in [0.15, 0.2) is 18.2 Å². The molecule has 0 bridgehead atoms. The summed E-state index contributed by atoms with van der Waals surface area (Å²) in [5.74, 6) is 0.844. The van der Waals surface area contributed by atoms with Gasteiger partial charge in [-0.05, 0) is 19.4 Å². The van der Waals surface area contributed by atoms with Gasteiger partial charge < -0.3 is 20.5 Å². The zero-order chi connectivity index (χ0) is 14.8. The summed E-state index contributed by atoms with van der Waals surface area (Å²) in [6.07, 6.45) is 1.43. The van der Waals surface area contributed by atoms with E-state index >= 15 is 0 Å². The second-order valence-corrected chi connectivity index (χ2v) is 6.01. The second-order valence-electron chi connectivity index (χ2n) is 6.01. The summed E-state index contributed by atoms with van der Waals surface area (Å²) >= 11 is 0. The number of rotatable bonds is 6. The van der Waals surface area contributed by atoms with Gasteiger partial charge in [-0.15, -0.1) is 0 Å². The molecule has 4 nitrogen and oxygen atoms in total. The first-order valence-electron chi connectivity index (χ1n) is 7.26. The van der Waals surface area contributed by atoms with E-state index in [1.54, 1.807) is 7.11 Å². The van der Waals surface area contributed by atoms with Gasteiger partial charge in [-0.1, -0.05) is 19.9 Å². The van der Waals surface area contributed by atoms with E-state index < -0.39 is 0 Å². The van der Waals surface area contributed by atoms with Crippen molar-refractivity contribution in [1.29, 1.82) is 0 Å². The average molecular weight is 278 g/mol. The van der Waals surface area contributed by atoms with Gasteiger partial charge in [0, 0.05) is 41.9 Å². The molecule has 1 fully saturated rings. The molecule has 2 unspecified atom stereocenters. The Morgan fingerprint density at radius 1 is 1.40 bits per heavy atom. The molecule has 0 saturated heterocycles. The maximum Gasteiger partial charge on any atom is 0.125 e. The molecular weight excluding hydrogens is 252 g/mol. The van der Waals surface area contributed by atoms with E-state index in [0.29, 0.717) is 12.1 Å². The molecule has 1 aliphatic rings. The van der Waals surface area contributed by atoms with E-state index in [1.807, 2.05) is 18.2 Å². The highest BCUT2D eigenvalue weighted by Crippen LogP contribution is 2.43. The highest BCUT2D eigenvalue weighted by molar-refractivity contribution is 5.48. The lowest BCUT2D eigenvalue weighted by Gasteiger charge is -2.52. The fourth-order valence-corrected chi connectivity index (χ4v) is 2.86. The topological polar surface area (TPSA) is 56.5 Å². The van der Waals surface area contributed by atoms with Crippen molar-refractivity contribution >= 4 is 5.69 Å². The van der Waals surface area contributed by atoms with Gasteiger partial charge >= 0.3 is 0 Å². The number of nitrogens with two attached hydrogens (primary N) is 1. The van der Waals surface area contributed by atoms with E-state index in [1.165, 1.54) is 0 Å². The number of benzene rings is 1. The Labute approximate surface area is 121 Å². The van der Waals surface area contributed by atoms with Gasteiger partial charge in [0.15, 0.2) is 0 Å². The molecule has 0 radical (unpaired) electrons.